The van der Waals surface area contributed by atoms with Crippen LogP contribution in [0.5, 0.6) is 0 Å². The summed E-state index contributed by atoms with van der Waals surface area (Å²) in [6, 6.07) is 79.2. The van der Waals surface area contributed by atoms with Crippen LogP contribution in [-0.2, 0) is 17.4 Å². The van der Waals surface area contributed by atoms with Crippen LogP contribution in [0.4, 0.5) is 0 Å². The Kier molecular flexibility index (Phi) is 9.54. The molecule has 0 fully saturated rings. The monoisotopic (exact) mass is 848 g/mol. The molecular weight excluding hydrogens is 797 g/mol. The Balaban J connectivity index is 0.994. The van der Waals surface area contributed by atoms with Crippen LogP contribution in [0.25, 0.3) is 93.6 Å². The van der Waals surface area contributed by atoms with Gasteiger partial charge in [-0.25, -0.2) is 0 Å². The van der Waals surface area contributed by atoms with Crippen LogP contribution >= 0.6 is 0 Å². The quantitative estimate of drug-likeness (QED) is 0.106. The normalized spacial score (nSPS) is 16.7. The zero-order valence-corrected chi connectivity index (χ0v) is 37.9. The van der Waals surface area contributed by atoms with E-state index < -0.39 is 0 Å². The molecule has 0 saturated heterocycles. The van der Waals surface area contributed by atoms with E-state index in [0.717, 1.165) is 19.3 Å². The molecule has 1 aliphatic heterocycles. The van der Waals surface area contributed by atoms with Crippen LogP contribution in [-0.4, -0.2) is 0 Å². The lowest BCUT2D eigenvalue weighted by Crippen LogP contribution is -2.70. The second kappa shape index (κ2) is 15.8. The summed E-state index contributed by atoms with van der Waals surface area (Å²) in [7, 11) is 0. The summed E-state index contributed by atoms with van der Waals surface area (Å²) in [5, 5.41) is 7.59. The minimum Gasteiger partial charge on any atom is -0.191 e. The molecule has 2 atom stereocenters. The van der Waals surface area contributed by atoms with Crippen LogP contribution in [0.1, 0.15) is 44.9 Å². The van der Waals surface area contributed by atoms with Gasteiger partial charge >= 0.3 is 0 Å². The zero-order valence-electron chi connectivity index (χ0n) is 37.9. The van der Waals surface area contributed by atoms with Gasteiger partial charge in [0.05, 0.1) is 22.8 Å². The summed E-state index contributed by atoms with van der Waals surface area (Å²) in [5.74, 6) is 0. The number of benzene rings is 8. The highest BCUT2D eigenvalue weighted by molar-refractivity contribution is 6.01. The molecular formula is C64H52N2+2. The van der Waals surface area contributed by atoms with Gasteiger partial charge in [-0.05, 0) is 139 Å². The minimum absolute atomic E-state index is 0.163. The van der Waals surface area contributed by atoms with Crippen molar-refractivity contribution in [2.24, 2.45) is 0 Å². The van der Waals surface area contributed by atoms with Gasteiger partial charge in [0, 0.05) is 36.8 Å². The molecule has 2 nitrogen and oxygen atoms in total. The summed E-state index contributed by atoms with van der Waals surface area (Å²) in [6.07, 6.45) is 7.50. The Morgan fingerprint density at radius 2 is 0.939 bits per heavy atom. The average molecular weight is 849 g/mol. The first kappa shape index (κ1) is 39.9. The third kappa shape index (κ3) is 6.23. The Bertz CT molecular complexity index is 3590. The van der Waals surface area contributed by atoms with E-state index in [2.05, 4.69) is 254 Å². The lowest BCUT2D eigenvalue weighted by Gasteiger charge is -2.47. The van der Waals surface area contributed by atoms with Gasteiger partial charge in [-0.15, -0.1) is 0 Å². The predicted octanol–water partition coefficient (Wildman–Crippen LogP) is 15.5. The zero-order chi connectivity index (χ0) is 44.4. The topological polar surface area (TPSA) is 7.98 Å². The molecule has 1 aliphatic rings. The first-order valence-electron chi connectivity index (χ1n) is 23.7. The van der Waals surface area contributed by atoms with Gasteiger partial charge in [-0.1, -0.05) is 147 Å². The molecule has 0 N–H and O–H groups in total. The third-order valence-electron chi connectivity index (χ3n) is 15.4. The van der Waals surface area contributed by atoms with Gasteiger partial charge in [0.25, 0.3) is 0 Å². The standard InChI is InChI=1S/C64H52N2/c1-4-63(3)60-34-33-48(42-59(60)62-32-13-15-36-66(62)64(63,5-2)43-53-41-49-21-8-11-28-58(49)61-31-12-14-35-65(53)61)46-24-16-25-47(37-46)50-38-51(56-29-17-22-44-19-6-9-26-54(44)56)40-52(39-50)57-30-18-23-45-20-7-10-27-55(45)57/h6-42H,4-5,43H2,1-3H3/q+2. The van der Waals surface area contributed by atoms with Gasteiger partial charge in [0.2, 0.25) is 11.2 Å². The number of hydrogen-bond acceptors (Lipinski definition) is 0. The van der Waals surface area contributed by atoms with Gasteiger partial charge < -0.3 is 0 Å². The molecule has 0 spiro atoms. The summed E-state index contributed by atoms with van der Waals surface area (Å²) in [6.45, 7) is 7.32. The number of aromatic nitrogens is 2. The molecule has 316 valence electrons. The van der Waals surface area contributed by atoms with Crippen molar-refractivity contribution in [2.75, 3.05) is 0 Å². The summed E-state index contributed by atoms with van der Waals surface area (Å²) in [5.41, 5.74) is 16.0. The van der Waals surface area contributed by atoms with E-state index in [4.69, 9.17) is 0 Å². The number of hydrogen-bond donors (Lipinski definition) is 0. The first-order valence-corrected chi connectivity index (χ1v) is 23.7. The number of fused-ring (bicyclic) bond motifs is 8. The van der Waals surface area contributed by atoms with Crippen molar-refractivity contribution < 1.29 is 8.97 Å². The molecule has 3 aromatic heterocycles. The Labute approximate surface area is 387 Å². The van der Waals surface area contributed by atoms with E-state index in [1.54, 1.807) is 0 Å². The molecule has 66 heavy (non-hydrogen) atoms. The fourth-order valence-corrected chi connectivity index (χ4v) is 11.8. The van der Waals surface area contributed by atoms with Crippen molar-refractivity contribution in [3.8, 4) is 55.8 Å². The fraction of sp³-hybridized carbons (Fsp3) is 0.125. The van der Waals surface area contributed by atoms with E-state index in [9.17, 15) is 0 Å². The van der Waals surface area contributed by atoms with E-state index in [0.29, 0.717) is 0 Å². The van der Waals surface area contributed by atoms with Crippen LogP contribution in [0.3, 0.4) is 0 Å². The van der Waals surface area contributed by atoms with E-state index >= 15 is 0 Å². The lowest BCUT2D eigenvalue weighted by molar-refractivity contribution is -0.771. The minimum atomic E-state index is -0.220. The van der Waals surface area contributed by atoms with Gasteiger partial charge in [-0.2, -0.15) is 8.97 Å². The average Bonchev–Trinajstić information content (AvgIpc) is 3.39. The van der Waals surface area contributed by atoms with Crippen molar-refractivity contribution in [1.29, 1.82) is 0 Å². The fourth-order valence-electron chi connectivity index (χ4n) is 11.8. The maximum Gasteiger partial charge on any atom is 0.218 e. The smallest absolute Gasteiger partial charge is 0.191 e. The van der Waals surface area contributed by atoms with Crippen LogP contribution in [0.2, 0.25) is 0 Å². The number of nitrogens with zero attached hydrogens (tertiary/aromatic N) is 2. The van der Waals surface area contributed by atoms with E-state index in [-0.39, 0.29) is 11.0 Å². The highest BCUT2D eigenvalue weighted by atomic mass is 15.1. The van der Waals surface area contributed by atoms with Crippen molar-refractivity contribution in [2.45, 2.75) is 51.0 Å². The molecule has 0 radical (unpaired) electrons. The highest BCUT2D eigenvalue weighted by Crippen LogP contribution is 2.52. The highest BCUT2D eigenvalue weighted by Gasteiger charge is 2.60. The third-order valence-corrected chi connectivity index (χ3v) is 15.4. The molecule has 0 amide bonds. The molecule has 12 rings (SSSR count). The second-order valence-corrected chi connectivity index (χ2v) is 18.6. The molecule has 0 saturated carbocycles. The Morgan fingerprint density at radius 3 is 1.64 bits per heavy atom. The molecule has 4 heterocycles. The van der Waals surface area contributed by atoms with Crippen LogP contribution in [0, 0.1) is 0 Å². The van der Waals surface area contributed by atoms with E-state index in [1.807, 2.05) is 0 Å². The van der Waals surface area contributed by atoms with Crippen LogP contribution in [0.15, 0.2) is 225 Å². The lowest BCUT2D eigenvalue weighted by atomic mass is 9.58. The van der Waals surface area contributed by atoms with Crippen molar-refractivity contribution in [3.63, 3.8) is 0 Å². The molecule has 8 aromatic carbocycles. The first-order chi connectivity index (χ1) is 32.5. The van der Waals surface area contributed by atoms with Crippen molar-refractivity contribution in [3.05, 3.63) is 236 Å². The second-order valence-electron chi connectivity index (χ2n) is 18.6. The number of pyridine rings is 3. The van der Waals surface area contributed by atoms with Gasteiger partial charge in [0.1, 0.15) is 0 Å². The molecule has 11 aromatic rings. The summed E-state index contributed by atoms with van der Waals surface area (Å²) in [4.78, 5) is 0. The molecule has 2 heteroatoms. The molecule has 0 aliphatic carbocycles. The largest absolute Gasteiger partial charge is 0.218 e. The van der Waals surface area contributed by atoms with Crippen molar-refractivity contribution >= 4 is 37.8 Å². The SMILES string of the molecule is CCC1(C)c2ccc(-c3cccc(-c4cc(-c5cccc6ccccc56)cc(-c5cccc6ccccc56)c4)c3)cc2-c2cccc[n+]2C1(CC)Cc1cc2ccccc2c2cccc[n+]12. The van der Waals surface area contributed by atoms with Gasteiger partial charge in [0.15, 0.2) is 23.6 Å². The van der Waals surface area contributed by atoms with Gasteiger partial charge in [-0.3, -0.25) is 0 Å². The Hall–Kier alpha value is -7.68. The maximum absolute atomic E-state index is 2.65. The predicted molar refractivity (Wildman–Crippen MR) is 276 cm³/mol. The Morgan fingerprint density at radius 1 is 0.394 bits per heavy atom. The number of rotatable bonds is 8. The summed E-state index contributed by atoms with van der Waals surface area (Å²) >= 11 is 0. The molecule has 0 bridgehead atoms. The van der Waals surface area contributed by atoms with E-state index in [1.165, 1.54) is 105 Å². The van der Waals surface area contributed by atoms with Crippen LogP contribution < -0.4 is 8.97 Å². The molecule has 2 unspecified atom stereocenters. The van der Waals surface area contributed by atoms with Crippen molar-refractivity contribution in [1.82, 2.24) is 0 Å². The summed E-state index contributed by atoms with van der Waals surface area (Å²) < 4.78 is 5.09. The maximum atomic E-state index is 2.65.